The molecule has 0 aliphatic carbocycles. The molecule has 0 aromatic heterocycles. The minimum absolute atomic E-state index is 0.805. The molecule has 1 N–H and O–H groups in total. The Morgan fingerprint density at radius 3 is 2.44 bits per heavy atom. The molecule has 0 heterocycles. The average molecular weight is 341 g/mol. The van der Waals surface area contributed by atoms with Crippen LogP contribution in [0.4, 0.5) is 5.69 Å². The number of unbranched alkanes of at least 4 members (excludes halogenated alkanes) is 4. The van der Waals surface area contributed by atoms with E-state index < -0.39 is 0 Å². The zero-order chi connectivity index (χ0) is 17.7. The molecule has 0 fully saturated rings. The van der Waals surface area contributed by atoms with Gasteiger partial charge in [-0.25, -0.2) is 0 Å². The molecule has 0 spiro atoms. The van der Waals surface area contributed by atoms with E-state index >= 15 is 0 Å². The Balaban J connectivity index is 1.69. The van der Waals surface area contributed by atoms with Gasteiger partial charge in [0.15, 0.2) is 0 Å². The van der Waals surface area contributed by atoms with Gasteiger partial charge in [-0.15, -0.1) is 0 Å². The summed E-state index contributed by atoms with van der Waals surface area (Å²) in [5.74, 6) is 1.85. The number of nitrogens with one attached hydrogen (secondary N) is 1. The molecule has 0 amide bonds. The molecular weight excluding hydrogens is 310 g/mol. The molecule has 0 aliphatic heterocycles. The Hall–Kier alpha value is -2.16. The topological polar surface area (TPSA) is 30.5 Å². The number of methoxy groups -OCH3 is 1. The molecule has 3 heteroatoms. The summed E-state index contributed by atoms with van der Waals surface area (Å²) in [6.45, 7) is 3.94. The van der Waals surface area contributed by atoms with Gasteiger partial charge >= 0.3 is 0 Å². The molecule has 0 aliphatic rings. The number of benzene rings is 2. The molecule has 136 valence electrons. The molecule has 0 saturated carbocycles. The molecule has 25 heavy (non-hydrogen) atoms. The number of hydrogen-bond donors (Lipinski definition) is 1. The van der Waals surface area contributed by atoms with Crippen LogP contribution < -0.4 is 14.8 Å². The van der Waals surface area contributed by atoms with E-state index in [0.29, 0.717) is 0 Å². The molecule has 3 nitrogen and oxygen atoms in total. The SMILES string of the molecule is CCCCCCCOc1cccc(NCCc2ccc(OC)cc2)c1. The number of anilines is 1. The smallest absolute Gasteiger partial charge is 0.121 e. The molecule has 0 unspecified atom stereocenters. The highest BCUT2D eigenvalue weighted by Crippen LogP contribution is 2.18. The number of rotatable bonds is 12. The van der Waals surface area contributed by atoms with Gasteiger partial charge in [0.2, 0.25) is 0 Å². The summed E-state index contributed by atoms with van der Waals surface area (Å²) in [6.07, 6.45) is 7.29. The van der Waals surface area contributed by atoms with Crippen LogP contribution in [0.15, 0.2) is 48.5 Å². The standard InChI is InChI=1S/C22H31NO2/c1-3-4-5-6-7-17-25-22-10-8-9-20(18-22)23-16-15-19-11-13-21(24-2)14-12-19/h8-14,18,23H,3-7,15-17H2,1-2H3. The van der Waals surface area contributed by atoms with Gasteiger partial charge in [0.25, 0.3) is 0 Å². The van der Waals surface area contributed by atoms with Crippen molar-refractivity contribution in [1.82, 2.24) is 0 Å². The maximum absolute atomic E-state index is 5.86. The van der Waals surface area contributed by atoms with Crippen molar-refractivity contribution < 1.29 is 9.47 Å². The quantitative estimate of drug-likeness (QED) is 0.502. The summed E-state index contributed by atoms with van der Waals surface area (Å²) in [5.41, 5.74) is 2.41. The second-order valence-corrected chi connectivity index (χ2v) is 6.32. The van der Waals surface area contributed by atoms with Crippen molar-refractivity contribution >= 4 is 5.69 Å². The first-order valence-electron chi connectivity index (χ1n) is 9.41. The summed E-state index contributed by atoms with van der Waals surface area (Å²) in [5, 5.41) is 3.47. The van der Waals surface area contributed by atoms with Gasteiger partial charge in [-0.2, -0.15) is 0 Å². The van der Waals surface area contributed by atoms with Crippen LogP contribution in [0.2, 0.25) is 0 Å². The summed E-state index contributed by atoms with van der Waals surface area (Å²) < 4.78 is 11.0. The van der Waals surface area contributed by atoms with E-state index in [2.05, 4.69) is 36.5 Å². The highest BCUT2D eigenvalue weighted by atomic mass is 16.5. The molecule has 2 rings (SSSR count). The molecule has 2 aromatic carbocycles. The Morgan fingerprint density at radius 1 is 0.880 bits per heavy atom. The molecule has 0 radical (unpaired) electrons. The molecule has 0 saturated heterocycles. The van der Waals surface area contributed by atoms with Gasteiger partial charge < -0.3 is 14.8 Å². The highest BCUT2D eigenvalue weighted by molar-refractivity contribution is 5.48. The first-order chi connectivity index (χ1) is 12.3. The fourth-order valence-corrected chi connectivity index (χ4v) is 2.73. The van der Waals surface area contributed by atoms with Crippen molar-refractivity contribution in [3.8, 4) is 11.5 Å². The van der Waals surface area contributed by atoms with Crippen molar-refractivity contribution in [3.63, 3.8) is 0 Å². The van der Waals surface area contributed by atoms with Crippen molar-refractivity contribution in [2.24, 2.45) is 0 Å². The van der Waals surface area contributed by atoms with Gasteiger partial charge in [-0.3, -0.25) is 0 Å². The van der Waals surface area contributed by atoms with E-state index in [1.165, 1.54) is 31.2 Å². The molecular formula is C22H31NO2. The number of hydrogen-bond acceptors (Lipinski definition) is 3. The van der Waals surface area contributed by atoms with Crippen LogP contribution in [-0.4, -0.2) is 20.3 Å². The minimum Gasteiger partial charge on any atom is -0.497 e. The van der Waals surface area contributed by atoms with E-state index in [1.54, 1.807) is 7.11 Å². The number of ether oxygens (including phenoxy) is 2. The lowest BCUT2D eigenvalue weighted by molar-refractivity contribution is 0.304. The van der Waals surface area contributed by atoms with Crippen molar-refractivity contribution in [2.75, 3.05) is 25.6 Å². The van der Waals surface area contributed by atoms with E-state index in [9.17, 15) is 0 Å². The summed E-state index contributed by atoms with van der Waals surface area (Å²) in [4.78, 5) is 0. The fourth-order valence-electron chi connectivity index (χ4n) is 2.73. The van der Waals surface area contributed by atoms with Gasteiger partial charge in [0, 0.05) is 18.3 Å². The summed E-state index contributed by atoms with van der Waals surface area (Å²) in [6, 6.07) is 16.5. The molecule has 0 bridgehead atoms. The van der Waals surface area contributed by atoms with Gasteiger partial charge in [-0.05, 0) is 42.7 Å². The van der Waals surface area contributed by atoms with Crippen LogP contribution in [0.5, 0.6) is 11.5 Å². The van der Waals surface area contributed by atoms with E-state index in [1.807, 2.05) is 24.3 Å². The largest absolute Gasteiger partial charge is 0.497 e. The average Bonchev–Trinajstić information content (AvgIpc) is 2.65. The fraction of sp³-hybridized carbons (Fsp3) is 0.455. The van der Waals surface area contributed by atoms with Gasteiger partial charge in [-0.1, -0.05) is 50.8 Å². The third kappa shape index (κ3) is 7.51. The van der Waals surface area contributed by atoms with Crippen LogP contribution >= 0.6 is 0 Å². The highest BCUT2D eigenvalue weighted by Gasteiger charge is 1.99. The Kier molecular flexibility index (Phi) is 8.74. The van der Waals surface area contributed by atoms with E-state index in [0.717, 1.165) is 43.2 Å². The first-order valence-corrected chi connectivity index (χ1v) is 9.41. The molecule has 2 aromatic rings. The summed E-state index contributed by atoms with van der Waals surface area (Å²) >= 11 is 0. The summed E-state index contributed by atoms with van der Waals surface area (Å²) in [7, 11) is 1.69. The van der Waals surface area contributed by atoms with Gasteiger partial charge in [0.1, 0.15) is 11.5 Å². The van der Waals surface area contributed by atoms with Gasteiger partial charge in [0.05, 0.1) is 13.7 Å². The zero-order valence-corrected chi connectivity index (χ0v) is 15.6. The van der Waals surface area contributed by atoms with Crippen LogP contribution in [0.1, 0.15) is 44.6 Å². The molecule has 0 atom stereocenters. The lowest BCUT2D eigenvalue weighted by atomic mass is 10.1. The third-order valence-corrected chi connectivity index (χ3v) is 4.25. The lowest BCUT2D eigenvalue weighted by Crippen LogP contribution is -2.05. The predicted molar refractivity (Wildman–Crippen MR) is 106 cm³/mol. The van der Waals surface area contributed by atoms with Crippen molar-refractivity contribution in [1.29, 1.82) is 0 Å². The second kappa shape index (κ2) is 11.4. The van der Waals surface area contributed by atoms with E-state index in [4.69, 9.17) is 9.47 Å². The Labute approximate surface area is 152 Å². The predicted octanol–water partition coefficient (Wildman–Crippen LogP) is 5.70. The van der Waals surface area contributed by atoms with Crippen molar-refractivity contribution in [3.05, 3.63) is 54.1 Å². The normalized spacial score (nSPS) is 10.5. The first kappa shape index (κ1) is 19.2. The van der Waals surface area contributed by atoms with Crippen LogP contribution in [0.25, 0.3) is 0 Å². The monoisotopic (exact) mass is 341 g/mol. The maximum atomic E-state index is 5.86. The Morgan fingerprint density at radius 2 is 1.68 bits per heavy atom. The lowest BCUT2D eigenvalue weighted by Gasteiger charge is -2.10. The maximum Gasteiger partial charge on any atom is 0.121 e. The van der Waals surface area contributed by atoms with Crippen LogP contribution in [0, 0.1) is 0 Å². The van der Waals surface area contributed by atoms with Crippen LogP contribution in [-0.2, 0) is 6.42 Å². The van der Waals surface area contributed by atoms with E-state index in [-0.39, 0.29) is 0 Å². The third-order valence-electron chi connectivity index (χ3n) is 4.25. The Bertz CT molecular complexity index is 595. The van der Waals surface area contributed by atoms with Crippen LogP contribution in [0.3, 0.4) is 0 Å². The zero-order valence-electron chi connectivity index (χ0n) is 15.6. The van der Waals surface area contributed by atoms with Crippen molar-refractivity contribution in [2.45, 2.75) is 45.4 Å². The minimum atomic E-state index is 0.805. The second-order valence-electron chi connectivity index (χ2n) is 6.32.